The Morgan fingerprint density at radius 2 is 1.88 bits per heavy atom. The standard InChI is InChI=1S/C14H26N2O/c1-10(2)12-5-7-14(8-6-12,13(15)17)16-9-11-3-4-11/h10-12,16H,3-9H2,1-2H3,(H2,15,17). The summed E-state index contributed by atoms with van der Waals surface area (Å²) in [4.78, 5) is 11.7. The van der Waals surface area contributed by atoms with Gasteiger partial charge in [-0.05, 0) is 62.8 Å². The molecule has 0 radical (unpaired) electrons. The van der Waals surface area contributed by atoms with Gasteiger partial charge in [-0.15, -0.1) is 0 Å². The van der Waals surface area contributed by atoms with E-state index in [2.05, 4.69) is 19.2 Å². The Balaban J connectivity index is 1.91. The highest BCUT2D eigenvalue weighted by Crippen LogP contribution is 2.37. The van der Waals surface area contributed by atoms with E-state index in [1.54, 1.807) is 0 Å². The fraction of sp³-hybridized carbons (Fsp3) is 0.929. The summed E-state index contributed by atoms with van der Waals surface area (Å²) in [5.74, 6) is 2.16. The van der Waals surface area contributed by atoms with Crippen molar-refractivity contribution in [2.24, 2.45) is 23.5 Å². The highest BCUT2D eigenvalue weighted by atomic mass is 16.1. The van der Waals surface area contributed by atoms with Gasteiger partial charge in [-0.3, -0.25) is 4.79 Å². The van der Waals surface area contributed by atoms with Crippen molar-refractivity contribution in [3.8, 4) is 0 Å². The third-order valence-electron chi connectivity index (χ3n) is 4.72. The summed E-state index contributed by atoms with van der Waals surface area (Å²) in [6.45, 7) is 5.54. The van der Waals surface area contributed by atoms with Gasteiger partial charge in [0.15, 0.2) is 0 Å². The molecule has 0 aromatic heterocycles. The second kappa shape index (κ2) is 4.97. The van der Waals surface area contributed by atoms with Crippen LogP contribution in [0, 0.1) is 17.8 Å². The summed E-state index contributed by atoms with van der Waals surface area (Å²) in [6, 6.07) is 0. The molecule has 0 aromatic carbocycles. The Labute approximate surface area is 105 Å². The van der Waals surface area contributed by atoms with E-state index in [9.17, 15) is 4.79 Å². The maximum atomic E-state index is 11.7. The third kappa shape index (κ3) is 3.01. The fourth-order valence-corrected chi connectivity index (χ4v) is 2.97. The molecule has 98 valence electrons. The lowest BCUT2D eigenvalue weighted by atomic mass is 9.72. The Morgan fingerprint density at radius 1 is 1.29 bits per heavy atom. The van der Waals surface area contributed by atoms with E-state index >= 15 is 0 Å². The van der Waals surface area contributed by atoms with Gasteiger partial charge in [0.25, 0.3) is 0 Å². The van der Waals surface area contributed by atoms with Gasteiger partial charge >= 0.3 is 0 Å². The summed E-state index contributed by atoms with van der Waals surface area (Å²) in [5, 5.41) is 3.48. The third-order valence-corrected chi connectivity index (χ3v) is 4.72. The van der Waals surface area contributed by atoms with Gasteiger partial charge < -0.3 is 11.1 Å². The smallest absolute Gasteiger partial charge is 0.237 e. The zero-order chi connectivity index (χ0) is 12.5. The summed E-state index contributed by atoms with van der Waals surface area (Å²) in [7, 11) is 0. The molecule has 2 aliphatic carbocycles. The molecule has 0 spiro atoms. The molecular weight excluding hydrogens is 212 g/mol. The molecule has 0 aliphatic heterocycles. The SMILES string of the molecule is CC(C)C1CCC(NCC2CC2)(C(N)=O)CC1. The van der Waals surface area contributed by atoms with Crippen molar-refractivity contribution in [3.63, 3.8) is 0 Å². The van der Waals surface area contributed by atoms with Crippen LogP contribution >= 0.6 is 0 Å². The van der Waals surface area contributed by atoms with Crippen molar-refractivity contribution in [1.29, 1.82) is 0 Å². The lowest BCUT2D eigenvalue weighted by Gasteiger charge is -2.40. The van der Waals surface area contributed by atoms with Crippen LogP contribution in [0.4, 0.5) is 0 Å². The van der Waals surface area contributed by atoms with Crippen LogP contribution in [-0.2, 0) is 4.79 Å². The molecule has 0 bridgehead atoms. The molecule has 0 aromatic rings. The number of hydrogen-bond acceptors (Lipinski definition) is 2. The normalized spacial score (nSPS) is 33.9. The van der Waals surface area contributed by atoms with E-state index in [4.69, 9.17) is 5.73 Å². The maximum absolute atomic E-state index is 11.7. The first kappa shape index (κ1) is 12.9. The average molecular weight is 238 g/mol. The summed E-state index contributed by atoms with van der Waals surface area (Å²) < 4.78 is 0. The molecule has 1 amide bonds. The minimum absolute atomic E-state index is 0.139. The highest BCUT2D eigenvalue weighted by molar-refractivity contribution is 5.84. The van der Waals surface area contributed by atoms with Crippen molar-refractivity contribution in [2.75, 3.05) is 6.54 Å². The highest BCUT2D eigenvalue weighted by Gasteiger charge is 2.41. The van der Waals surface area contributed by atoms with Crippen LogP contribution in [-0.4, -0.2) is 18.0 Å². The van der Waals surface area contributed by atoms with Crippen molar-refractivity contribution >= 4 is 5.91 Å². The van der Waals surface area contributed by atoms with E-state index in [1.165, 1.54) is 12.8 Å². The molecule has 2 fully saturated rings. The molecule has 2 aliphatic rings. The predicted molar refractivity (Wildman–Crippen MR) is 69.4 cm³/mol. The molecule has 3 N–H and O–H groups in total. The van der Waals surface area contributed by atoms with Gasteiger partial charge in [0.05, 0.1) is 5.54 Å². The van der Waals surface area contributed by atoms with Crippen LogP contribution in [0.1, 0.15) is 52.4 Å². The fourth-order valence-electron chi connectivity index (χ4n) is 2.97. The number of nitrogens with one attached hydrogen (secondary N) is 1. The lowest BCUT2D eigenvalue weighted by molar-refractivity contribution is -0.126. The number of carbonyl (C=O) groups is 1. The largest absolute Gasteiger partial charge is 0.368 e. The van der Waals surface area contributed by atoms with Crippen LogP contribution in [0.2, 0.25) is 0 Å². The molecule has 0 heterocycles. The summed E-state index contributed by atoms with van der Waals surface area (Å²) in [6.07, 6.45) is 6.76. The first-order valence-corrected chi connectivity index (χ1v) is 7.08. The lowest BCUT2D eigenvalue weighted by Crippen LogP contribution is -2.57. The minimum Gasteiger partial charge on any atom is -0.368 e. The molecular formula is C14H26N2O. The van der Waals surface area contributed by atoms with Crippen LogP contribution in [0.3, 0.4) is 0 Å². The van der Waals surface area contributed by atoms with E-state index in [0.717, 1.165) is 50.0 Å². The molecule has 3 heteroatoms. The van der Waals surface area contributed by atoms with Crippen LogP contribution < -0.4 is 11.1 Å². The average Bonchev–Trinajstić information content (AvgIpc) is 3.10. The first-order valence-electron chi connectivity index (χ1n) is 7.08. The first-order chi connectivity index (χ1) is 8.03. The quantitative estimate of drug-likeness (QED) is 0.770. The second-order valence-electron chi connectivity index (χ2n) is 6.35. The van der Waals surface area contributed by atoms with Gasteiger partial charge in [-0.1, -0.05) is 13.8 Å². The molecule has 0 saturated heterocycles. The van der Waals surface area contributed by atoms with Crippen molar-refractivity contribution < 1.29 is 4.79 Å². The number of rotatable bonds is 5. The monoisotopic (exact) mass is 238 g/mol. The molecule has 0 unspecified atom stereocenters. The topological polar surface area (TPSA) is 55.1 Å². The van der Waals surface area contributed by atoms with Gasteiger partial charge in [-0.2, -0.15) is 0 Å². The van der Waals surface area contributed by atoms with Crippen LogP contribution in [0.25, 0.3) is 0 Å². The van der Waals surface area contributed by atoms with E-state index in [1.807, 2.05) is 0 Å². The van der Waals surface area contributed by atoms with Crippen molar-refractivity contribution in [1.82, 2.24) is 5.32 Å². The molecule has 2 saturated carbocycles. The van der Waals surface area contributed by atoms with E-state index < -0.39 is 5.54 Å². The molecule has 3 nitrogen and oxygen atoms in total. The van der Waals surface area contributed by atoms with Crippen LogP contribution in [0.15, 0.2) is 0 Å². The number of nitrogens with two attached hydrogens (primary N) is 1. The summed E-state index contributed by atoms with van der Waals surface area (Å²) in [5.41, 5.74) is 5.23. The number of amides is 1. The van der Waals surface area contributed by atoms with Crippen LogP contribution in [0.5, 0.6) is 0 Å². The van der Waals surface area contributed by atoms with Gasteiger partial charge in [0, 0.05) is 0 Å². The molecule has 2 rings (SSSR count). The Kier molecular flexibility index (Phi) is 3.76. The maximum Gasteiger partial charge on any atom is 0.237 e. The number of carbonyl (C=O) groups excluding carboxylic acids is 1. The predicted octanol–water partition coefficient (Wildman–Crippen LogP) is 2.06. The Bertz CT molecular complexity index is 276. The minimum atomic E-state index is -0.395. The molecule has 0 atom stereocenters. The van der Waals surface area contributed by atoms with Gasteiger partial charge in [0.2, 0.25) is 5.91 Å². The Hall–Kier alpha value is -0.570. The van der Waals surface area contributed by atoms with Crippen molar-refractivity contribution in [3.05, 3.63) is 0 Å². The second-order valence-corrected chi connectivity index (χ2v) is 6.35. The van der Waals surface area contributed by atoms with Gasteiger partial charge in [-0.25, -0.2) is 0 Å². The zero-order valence-corrected chi connectivity index (χ0v) is 11.2. The molecule has 17 heavy (non-hydrogen) atoms. The Morgan fingerprint density at radius 3 is 2.29 bits per heavy atom. The number of primary amides is 1. The van der Waals surface area contributed by atoms with E-state index in [0.29, 0.717) is 0 Å². The number of hydrogen-bond donors (Lipinski definition) is 2. The van der Waals surface area contributed by atoms with E-state index in [-0.39, 0.29) is 5.91 Å². The van der Waals surface area contributed by atoms with Crippen molar-refractivity contribution in [2.45, 2.75) is 57.9 Å². The summed E-state index contributed by atoms with van der Waals surface area (Å²) >= 11 is 0. The van der Waals surface area contributed by atoms with Gasteiger partial charge in [0.1, 0.15) is 0 Å². The zero-order valence-electron chi connectivity index (χ0n) is 11.2.